The number of rotatable bonds is 6. The number of hydrogen-bond donors (Lipinski definition) is 1. The Balaban J connectivity index is 1.86. The molecule has 0 atom stereocenters. The van der Waals surface area contributed by atoms with Crippen LogP contribution in [0.2, 0.25) is 0 Å². The van der Waals surface area contributed by atoms with E-state index in [1.54, 1.807) is 0 Å². The normalized spacial score (nSPS) is 10.2. The SMILES string of the molecule is Cc1ccc(C)c(OCCOc2cccc(C(N)=S)c2)c1. The molecule has 0 aliphatic heterocycles. The lowest BCUT2D eigenvalue weighted by atomic mass is 10.1. The van der Waals surface area contributed by atoms with E-state index in [0.717, 1.165) is 22.6 Å². The van der Waals surface area contributed by atoms with Crippen LogP contribution in [0.15, 0.2) is 42.5 Å². The first-order chi connectivity index (χ1) is 10.1. The molecular formula is C17H19NO2S. The molecule has 0 saturated heterocycles. The Kier molecular flexibility index (Phi) is 5.17. The number of thiocarbonyl (C=S) groups is 1. The van der Waals surface area contributed by atoms with E-state index in [1.165, 1.54) is 5.56 Å². The molecule has 0 unspecified atom stereocenters. The van der Waals surface area contributed by atoms with E-state index in [-0.39, 0.29) is 0 Å². The molecular weight excluding hydrogens is 282 g/mol. The van der Waals surface area contributed by atoms with E-state index in [0.29, 0.717) is 18.2 Å². The van der Waals surface area contributed by atoms with Gasteiger partial charge in [-0.25, -0.2) is 0 Å². The highest BCUT2D eigenvalue weighted by Gasteiger charge is 2.01. The van der Waals surface area contributed by atoms with Crippen LogP contribution in [0.4, 0.5) is 0 Å². The zero-order chi connectivity index (χ0) is 15.2. The third-order valence-corrected chi connectivity index (χ3v) is 3.31. The van der Waals surface area contributed by atoms with Crippen LogP contribution < -0.4 is 15.2 Å². The third-order valence-electron chi connectivity index (χ3n) is 3.07. The van der Waals surface area contributed by atoms with Crippen molar-refractivity contribution in [1.82, 2.24) is 0 Å². The Morgan fingerprint density at radius 3 is 2.57 bits per heavy atom. The van der Waals surface area contributed by atoms with Gasteiger partial charge in [0, 0.05) is 5.56 Å². The predicted octanol–water partition coefficient (Wildman–Crippen LogP) is 3.40. The molecule has 21 heavy (non-hydrogen) atoms. The molecule has 0 aliphatic rings. The molecule has 2 N–H and O–H groups in total. The summed E-state index contributed by atoms with van der Waals surface area (Å²) in [6.45, 7) is 5.03. The molecule has 2 aromatic carbocycles. The van der Waals surface area contributed by atoms with Crippen LogP contribution >= 0.6 is 12.2 Å². The van der Waals surface area contributed by atoms with Crippen LogP contribution in [0.3, 0.4) is 0 Å². The lowest BCUT2D eigenvalue weighted by molar-refractivity contribution is 0.216. The number of nitrogens with two attached hydrogens (primary N) is 1. The Labute approximate surface area is 130 Å². The first kappa shape index (κ1) is 15.3. The summed E-state index contributed by atoms with van der Waals surface area (Å²) in [6, 6.07) is 13.6. The van der Waals surface area contributed by atoms with Gasteiger partial charge in [-0.05, 0) is 43.2 Å². The fourth-order valence-corrected chi connectivity index (χ4v) is 2.04. The van der Waals surface area contributed by atoms with Crippen LogP contribution in [0, 0.1) is 13.8 Å². The van der Waals surface area contributed by atoms with Gasteiger partial charge < -0.3 is 15.2 Å². The topological polar surface area (TPSA) is 44.5 Å². The molecule has 0 saturated carbocycles. The highest BCUT2D eigenvalue weighted by Crippen LogP contribution is 2.19. The Morgan fingerprint density at radius 1 is 1.05 bits per heavy atom. The summed E-state index contributed by atoms with van der Waals surface area (Å²) in [5.41, 5.74) is 8.70. The molecule has 0 spiro atoms. The summed E-state index contributed by atoms with van der Waals surface area (Å²) in [5, 5.41) is 0. The second-order valence-corrected chi connectivity index (χ2v) is 5.30. The van der Waals surface area contributed by atoms with Crippen molar-refractivity contribution in [2.75, 3.05) is 13.2 Å². The summed E-state index contributed by atoms with van der Waals surface area (Å²) in [7, 11) is 0. The van der Waals surface area contributed by atoms with Crippen molar-refractivity contribution in [3.8, 4) is 11.5 Å². The van der Waals surface area contributed by atoms with Crippen molar-refractivity contribution in [1.29, 1.82) is 0 Å². The quantitative estimate of drug-likeness (QED) is 0.656. The predicted molar refractivity (Wildman–Crippen MR) is 89.2 cm³/mol. The van der Waals surface area contributed by atoms with Gasteiger partial charge in [-0.15, -0.1) is 0 Å². The Morgan fingerprint density at radius 2 is 1.81 bits per heavy atom. The van der Waals surface area contributed by atoms with Crippen molar-refractivity contribution < 1.29 is 9.47 Å². The third kappa shape index (κ3) is 4.46. The van der Waals surface area contributed by atoms with Crippen molar-refractivity contribution in [2.24, 2.45) is 5.73 Å². The molecule has 0 bridgehead atoms. The van der Waals surface area contributed by atoms with Crippen LogP contribution in [-0.2, 0) is 0 Å². The Hall–Kier alpha value is -2.07. The van der Waals surface area contributed by atoms with Gasteiger partial charge >= 0.3 is 0 Å². The number of aryl methyl sites for hydroxylation is 2. The largest absolute Gasteiger partial charge is 0.490 e. The molecule has 0 radical (unpaired) electrons. The zero-order valence-corrected chi connectivity index (χ0v) is 13.1. The van der Waals surface area contributed by atoms with Crippen LogP contribution in [0.25, 0.3) is 0 Å². The van der Waals surface area contributed by atoms with E-state index < -0.39 is 0 Å². The van der Waals surface area contributed by atoms with Gasteiger partial charge in [0.1, 0.15) is 29.7 Å². The van der Waals surface area contributed by atoms with E-state index in [2.05, 4.69) is 12.1 Å². The number of ether oxygens (including phenoxy) is 2. The number of benzene rings is 2. The summed E-state index contributed by atoms with van der Waals surface area (Å²) >= 11 is 4.94. The molecule has 3 nitrogen and oxygen atoms in total. The van der Waals surface area contributed by atoms with Gasteiger partial charge in [-0.3, -0.25) is 0 Å². The minimum absolute atomic E-state index is 0.368. The van der Waals surface area contributed by atoms with Gasteiger partial charge in [0.05, 0.1) is 0 Å². The first-order valence-electron chi connectivity index (χ1n) is 6.79. The molecule has 0 aromatic heterocycles. The molecule has 0 heterocycles. The average Bonchev–Trinajstić information content (AvgIpc) is 2.47. The highest BCUT2D eigenvalue weighted by molar-refractivity contribution is 7.80. The summed E-state index contributed by atoms with van der Waals surface area (Å²) in [5.74, 6) is 1.64. The lowest BCUT2D eigenvalue weighted by Gasteiger charge is -2.11. The van der Waals surface area contributed by atoms with Gasteiger partial charge in [0.2, 0.25) is 0 Å². The number of hydrogen-bond acceptors (Lipinski definition) is 3. The monoisotopic (exact) mass is 301 g/mol. The molecule has 0 aliphatic carbocycles. The molecule has 2 rings (SSSR count). The molecule has 0 fully saturated rings. The highest BCUT2D eigenvalue weighted by atomic mass is 32.1. The maximum Gasteiger partial charge on any atom is 0.122 e. The fourth-order valence-electron chi connectivity index (χ4n) is 1.91. The minimum atomic E-state index is 0.368. The lowest BCUT2D eigenvalue weighted by Crippen LogP contribution is -2.11. The Bertz CT molecular complexity index is 640. The van der Waals surface area contributed by atoms with Gasteiger partial charge in [-0.1, -0.05) is 36.5 Å². The zero-order valence-electron chi connectivity index (χ0n) is 12.3. The molecule has 110 valence electrons. The van der Waals surface area contributed by atoms with Gasteiger partial charge in [0.15, 0.2) is 0 Å². The summed E-state index contributed by atoms with van der Waals surface area (Å²) < 4.78 is 11.4. The second kappa shape index (κ2) is 7.09. The van der Waals surface area contributed by atoms with E-state index >= 15 is 0 Å². The fraction of sp³-hybridized carbons (Fsp3) is 0.235. The van der Waals surface area contributed by atoms with Crippen LogP contribution in [-0.4, -0.2) is 18.2 Å². The van der Waals surface area contributed by atoms with Crippen molar-refractivity contribution >= 4 is 17.2 Å². The van der Waals surface area contributed by atoms with E-state index in [4.69, 9.17) is 27.4 Å². The summed E-state index contributed by atoms with van der Waals surface area (Å²) in [6.07, 6.45) is 0. The maximum absolute atomic E-state index is 5.74. The average molecular weight is 301 g/mol. The van der Waals surface area contributed by atoms with Gasteiger partial charge in [-0.2, -0.15) is 0 Å². The van der Waals surface area contributed by atoms with Crippen LogP contribution in [0.5, 0.6) is 11.5 Å². The second-order valence-electron chi connectivity index (χ2n) is 4.86. The van der Waals surface area contributed by atoms with E-state index in [1.807, 2.05) is 44.2 Å². The van der Waals surface area contributed by atoms with Crippen molar-refractivity contribution in [3.63, 3.8) is 0 Å². The smallest absolute Gasteiger partial charge is 0.122 e. The van der Waals surface area contributed by atoms with Crippen molar-refractivity contribution in [3.05, 3.63) is 59.2 Å². The molecule has 2 aromatic rings. The molecule has 4 heteroatoms. The minimum Gasteiger partial charge on any atom is -0.490 e. The van der Waals surface area contributed by atoms with Crippen molar-refractivity contribution in [2.45, 2.75) is 13.8 Å². The standard InChI is InChI=1S/C17H19NO2S/c1-12-6-7-13(2)16(10-12)20-9-8-19-15-5-3-4-14(11-15)17(18)21/h3-7,10-11H,8-9H2,1-2H3,(H2,18,21). The van der Waals surface area contributed by atoms with Gasteiger partial charge in [0.25, 0.3) is 0 Å². The summed E-state index contributed by atoms with van der Waals surface area (Å²) in [4.78, 5) is 0.368. The molecule has 0 amide bonds. The first-order valence-corrected chi connectivity index (χ1v) is 7.20. The van der Waals surface area contributed by atoms with E-state index in [9.17, 15) is 0 Å². The van der Waals surface area contributed by atoms with Crippen LogP contribution in [0.1, 0.15) is 16.7 Å². The maximum atomic E-state index is 5.74.